The average molecular weight is 440 g/mol. The molecule has 0 aromatic heterocycles. The maximum Gasteiger partial charge on any atom is 0.283 e. The van der Waals surface area contributed by atoms with Gasteiger partial charge in [0.05, 0.1) is 32.8 Å². The first kappa shape index (κ1) is 23.1. The second-order valence-corrected chi connectivity index (χ2v) is 7.16. The fourth-order valence-corrected chi connectivity index (χ4v) is 3.16. The molecule has 1 aliphatic heterocycles. The van der Waals surface area contributed by atoms with Gasteiger partial charge < -0.3 is 19.0 Å². The van der Waals surface area contributed by atoms with Crippen molar-refractivity contribution in [3.05, 3.63) is 53.6 Å². The number of hydrogen-bond donors (Lipinski definition) is 0. The molecule has 2 aromatic carbocycles. The number of oxime groups is 1. The first-order valence-electron chi connectivity index (χ1n) is 10.6. The zero-order chi connectivity index (χ0) is 22.8. The number of hydrogen-bond acceptors (Lipinski definition) is 7. The summed E-state index contributed by atoms with van der Waals surface area (Å²) in [5.74, 6) is 1.87. The van der Waals surface area contributed by atoms with Gasteiger partial charge in [-0.2, -0.15) is 5.10 Å². The number of hydrazone groups is 1. The molecule has 8 heteroatoms. The summed E-state index contributed by atoms with van der Waals surface area (Å²) in [6.07, 6.45) is 4.04. The summed E-state index contributed by atoms with van der Waals surface area (Å²) < 4.78 is 16.3. The van der Waals surface area contributed by atoms with E-state index in [1.165, 1.54) is 5.01 Å². The van der Waals surface area contributed by atoms with E-state index >= 15 is 0 Å². The number of carbonyl (C=O) groups excluding carboxylic acids is 1. The highest BCUT2D eigenvalue weighted by molar-refractivity contribution is 6.02. The maximum atomic E-state index is 12.5. The van der Waals surface area contributed by atoms with Gasteiger partial charge in [0.2, 0.25) is 0 Å². The van der Waals surface area contributed by atoms with Gasteiger partial charge in [-0.25, -0.2) is 5.01 Å². The first-order chi connectivity index (χ1) is 15.6. The third-order valence-electron chi connectivity index (χ3n) is 4.85. The summed E-state index contributed by atoms with van der Waals surface area (Å²) in [5.41, 5.74) is 2.58. The van der Waals surface area contributed by atoms with Gasteiger partial charge in [0, 0.05) is 12.1 Å². The molecule has 1 heterocycles. The Morgan fingerprint density at radius 3 is 2.66 bits per heavy atom. The Morgan fingerprint density at radius 2 is 1.94 bits per heavy atom. The largest absolute Gasteiger partial charge is 0.497 e. The van der Waals surface area contributed by atoms with E-state index in [4.69, 9.17) is 19.0 Å². The van der Waals surface area contributed by atoms with E-state index in [1.807, 2.05) is 49.4 Å². The van der Waals surface area contributed by atoms with Crippen LogP contribution in [-0.4, -0.2) is 56.8 Å². The van der Waals surface area contributed by atoms with Gasteiger partial charge >= 0.3 is 0 Å². The van der Waals surface area contributed by atoms with Crippen LogP contribution in [0, 0.1) is 0 Å². The van der Waals surface area contributed by atoms with Gasteiger partial charge in [0.1, 0.15) is 5.75 Å². The lowest BCUT2D eigenvalue weighted by Crippen LogP contribution is -2.34. The molecule has 0 aliphatic carbocycles. The Balaban J connectivity index is 1.61. The lowest BCUT2D eigenvalue weighted by Gasteiger charge is -2.23. The third-order valence-corrected chi connectivity index (χ3v) is 4.85. The van der Waals surface area contributed by atoms with Gasteiger partial charge in [-0.3, -0.25) is 4.79 Å². The number of rotatable bonds is 10. The van der Waals surface area contributed by atoms with E-state index in [9.17, 15) is 4.79 Å². The summed E-state index contributed by atoms with van der Waals surface area (Å²) in [7, 11) is 3.23. The molecule has 0 radical (unpaired) electrons. The quantitative estimate of drug-likeness (QED) is 0.415. The minimum atomic E-state index is -0.245. The number of ether oxygens (including phenoxy) is 3. The molecule has 0 saturated heterocycles. The molecule has 0 unspecified atom stereocenters. The maximum absolute atomic E-state index is 12.5. The predicted molar refractivity (Wildman–Crippen MR) is 123 cm³/mol. The summed E-state index contributed by atoms with van der Waals surface area (Å²) in [6, 6.07) is 13.1. The van der Waals surface area contributed by atoms with Crippen LogP contribution >= 0.6 is 0 Å². The number of carbonyl (C=O) groups is 1. The van der Waals surface area contributed by atoms with Crippen LogP contribution in [0.2, 0.25) is 0 Å². The van der Waals surface area contributed by atoms with E-state index < -0.39 is 0 Å². The highest BCUT2D eigenvalue weighted by Crippen LogP contribution is 2.29. The zero-order valence-electron chi connectivity index (χ0n) is 18.7. The summed E-state index contributed by atoms with van der Waals surface area (Å²) >= 11 is 0. The SMILES string of the molecule is CCCOc1cc(C2=NN(C(=O)CON=Cc3ccc(OC)cc3)CCC2)ccc1OC. The molecule has 0 spiro atoms. The zero-order valence-corrected chi connectivity index (χ0v) is 18.7. The molecule has 0 fully saturated rings. The van der Waals surface area contributed by atoms with Crippen molar-refractivity contribution >= 4 is 17.8 Å². The molecule has 32 heavy (non-hydrogen) atoms. The van der Waals surface area contributed by atoms with Crippen molar-refractivity contribution < 1.29 is 23.8 Å². The van der Waals surface area contributed by atoms with E-state index in [1.54, 1.807) is 20.4 Å². The second kappa shape index (κ2) is 11.7. The predicted octanol–water partition coefficient (Wildman–Crippen LogP) is 3.87. The van der Waals surface area contributed by atoms with E-state index in [-0.39, 0.29) is 12.5 Å². The Kier molecular flexibility index (Phi) is 8.48. The van der Waals surface area contributed by atoms with Crippen LogP contribution in [0.5, 0.6) is 17.2 Å². The molecular formula is C24H29N3O5. The number of amides is 1. The van der Waals surface area contributed by atoms with Gasteiger partial charge in [-0.15, -0.1) is 0 Å². The number of benzene rings is 2. The van der Waals surface area contributed by atoms with Crippen LogP contribution in [0.1, 0.15) is 37.3 Å². The van der Waals surface area contributed by atoms with Crippen molar-refractivity contribution in [2.24, 2.45) is 10.3 Å². The molecule has 8 nitrogen and oxygen atoms in total. The van der Waals surface area contributed by atoms with Crippen molar-refractivity contribution in [1.82, 2.24) is 5.01 Å². The molecule has 1 aliphatic rings. The smallest absolute Gasteiger partial charge is 0.283 e. The molecular weight excluding hydrogens is 410 g/mol. The Bertz CT molecular complexity index is 957. The van der Waals surface area contributed by atoms with Crippen molar-refractivity contribution in [3.8, 4) is 17.2 Å². The van der Waals surface area contributed by atoms with Crippen molar-refractivity contribution in [1.29, 1.82) is 0 Å². The molecule has 3 rings (SSSR count). The fourth-order valence-electron chi connectivity index (χ4n) is 3.16. The van der Waals surface area contributed by atoms with Crippen LogP contribution in [0.4, 0.5) is 0 Å². The van der Waals surface area contributed by atoms with Crippen LogP contribution < -0.4 is 14.2 Å². The van der Waals surface area contributed by atoms with Crippen LogP contribution in [0.3, 0.4) is 0 Å². The monoisotopic (exact) mass is 439 g/mol. The molecule has 0 bridgehead atoms. The Hall–Kier alpha value is -3.55. The minimum Gasteiger partial charge on any atom is -0.497 e. The van der Waals surface area contributed by atoms with Crippen LogP contribution in [0.25, 0.3) is 0 Å². The number of nitrogens with zero attached hydrogens (tertiary/aromatic N) is 3. The van der Waals surface area contributed by atoms with Crippen LogP contribution in [-0.2, 0) is 9.63 Å². The molecule has 2 aromatic rings. The highest BCUT2D eigenvalue weighted by Gasteiger charge is 2.20. The fraction of sp³-hybridized carbons (Fsp3) is 0.375. The second-order valence-electron chi connectivity index (χ2n) is 7.16. The lowest BCUT2D eigenvalue weighted by molar-refractivity contribution is -0.136. The molecule has 0 saturated carbocycles. The Morgan fingerprint density at radius 1 is 1.12 bits per heavy atom. The van der Waals surface area contributed by atoms with Crippen LogP contribution in [0.15, 0.2) is 52.7 Å². The molecule has 0 N–H and O–H groups in total. The lowest BCUT2D eigenvalue weighted by atomic mass is 10.0. The normalized spacial score (nSPS) is 13.6. The minimum absolute atomic E-state index is 0.184. The highest BCUT2D eigenvalue weighted by atomic mass is 16.6. The van der Waals surface area contributed by atoms with Gasteiger partial charge in [0.25, 0.3) is 5.91 Å². The van der Waals surface area contributed by atoms with Crippen molar-refractivity contribution in [2.45, 2.75) is 26.2 Å². The molecule has 1 amide bonds. The Labute approximate surface area is 188 Å². The van der Waals surface area contributed by atoms with Crippen molar-refractivity contribution in [3.63, 3.8) is 0 Å². The summed E-state index contributed by atoms with van der Waals surface area (Å²) in [6.45, 7) is 3.01. The topological polar surface area (TPSA) is 82.0 Å². The standard InChI is InChI=1S/C24H29N3O5/c1-4-14-31-23-15-19(9-12-22(23)30-3)21-6-5-13-27(26-21)24(28)17-32-25-16-18-7-10-20(29-2)11-8-18/h7-12,15-16H,4-6,13-14,17H2,1-3H3. The van der Waals surface area contributed by atoms with E-state index in [0.717, 1.165) is 41.9 Å². The van der Waals surface area contributed by atoms with E-state index in [2.05, 4.69) is 10.3 Å². The summed E-state index contributed by atoms with van der Waals surface area (Å²) in [4.78, 5) is 17.7. The third kappa shape index (κ3) is 6.23. The van der Waals surface area contributed by atoms with Gasteiger partial charge in [-0.1, -0.05) is 12.1 Å². The van der Waals surface area contributed by atoms with Gasteiger partial charge in [0.15, 0.2) is 18.1 Å². The van der Waals surface area contributed by atoms with Gasteiger partial charge in [-0.05, 0) is 67.3 Å². The molecule has 0 atom stereocenters. The first-order valence-corrected chi connectivity index (χ1v) is 10.6. The molecule has 170 valence electrons. The number of methoxy groups -OCH3 is 2. The summed E-state index contributed by atoms with van der Waals surface area (Å²) in [5, 5.41) is 9.86. The average Bonchev–Trinajstić information content (AvgIpc) is 2.85. The van der Waals surface area contributed by atoms with Crippen molar-refractivity contribution in [2.75, 3.05) is 34.0 Å². The van der Waals surface area contributed by atoms with E-state index in [0.29, 0.717) is 24.7 Å².